The number of rotatable bonds is 5. The van der Waals surface area contributed by atoms with Crippen LogP contribution < -0.4 is 0 Å². The second kappa shape index (κ2) is 7.25. The van der Waals surface area contributed by atoms with E-state index in [4.69, 9.17) is 4.42 Å². The number of hydrogen-bond acceptors (Lipinski definition) is 3. The van der Waals surface area contributed by atoms with Gasteiger partial charge in [0.05, 0.1) is 12.5 Å². The molecule has 1 saturated heterocycles. The summed E-state index contributed by atoms with van der Waals surface area (Å²) < 4.78 is 5.13. The topological polar surface area (TPSA) is 19.6 Å². The standard InChI is InChI=1S/C18H22N2O/c1-2-5-17(6-3-1)7-4-9-19-10-12-20(13-11-19)15-18-8-14-21-16-18/h1-8,14,16H,9-13,15H2/b7-4-. The Morgan fingerprint density at radius 1 is 0.952 bits per heavy atom. The van der Waals surface area contributed by atoms with Crippen LogP contribution in [0.4, 0.5) is 0 Å². The van der Waals surface area contributed by atoms with Crippen molar-refractivity contribution in [2.45, 2.75) is 6.54 Å². The summed E-state index contributed by atoms with van der Waals surface area (Å²) in [5.41, 5.74) is 2.54. The van der Waals surface area contributed by atoms with E-state index in [9.17, 15) is 0 Å². The number of benzene rings is 1. The van der Waals surface area contributed by atoms with Crippen molar-refractivity contribution in [1.82, 2.24) is 9.80 Å². The molecular formula is C18H22N2O. The van der Waals surface area contributed by atoms with Gasteiger partial charge in [-0.15, -0.1) is 0 Å². The van der Waals surface area contributed by atoms with Crippen LogP contribution in [0, 0.1) is 0 Å². The summed E-state index contributed by atoms with van der Waals surface area (Å²) in [6, 6.07) is 12.5. The molecule has 0 N–H and O–H groups in total. The van der Waals surface area contributed by atoms with Gasteiger partial charge in [-0.2, -0.15) is 0 Å². The molecule has 1 aromatic heterocycles. The molecule has 3 nitrogen and oxygen atoms in total. The molecule has 0 bridgehead atoms. The van der Waals surface area contributed by atoms with Gasteiger partial charge < -0.3 is 4.42 Å². The largest absolute Gasteiger partial charge is 0.472 e. The fraction of sp³-hybridized carbons (Fsp3) is 0.333. The van der Waals surface area contributed by atoms with Gasteiger partial charge in [-0.1, -0.05) is 42.5 Å². The van der Waals surface area contributed by atoms with Crippen LogP contribution in [-0.4, -0.2) is 42.5 Å². The predicted octanol–water partition coefficient (Wildman–Crippen LogP) is 3.11. The van der Waals surface area contributed by atoms with Crippen LogP contribution >= 0.6 is 0 Å². The zero-order valence-electron chi connectivity index (χ0n) is 12.3. The molecule has 3 rings (SSSR count). The Morgan fingerprint density at radius 2 is 1.71 bits per heavy atom. The molecule has 2 heterocycles. The first-order chi connectivity index (χ1) is 10.4. The van der Waals surface area contributed by atoms with Crippen LogP contribution in [0.15, 0.2) is 59.4 Å². The minimum atomic E-state index is 1.00. The summed E-state index contributed by atoms with van der Waals surface area (Å²) >= 11 is 0. The molecule has 3 heteroatoms. The molecule has 1 aliphatic rings. The smallest absolute Gasteiger partial charge is 0.0947 e. The molecule has 0 atom stereocenters. The number of nitrogens with zero attached hydrogens (tertiary/aromatic N) is 2. The predicted molar refractivity (Wildman–Crippen MR) is 85.9 cm³/mol. The summed E-state index contributed by atoms with van der Waals surface area (Å²) in [5.74, 6) is 0. The van der Waals surface area contributed by atoms with Crippen molar-refractivity contribution in [2.75, 3.05) is 32.7 Å². The molecule has 2 aromatic rings. The van der Waals surface area contributed by atoms with Gasteiger partial charge in [0.15, 0.2) is 0 Å². The van der Waals surface area contributed by atoms with Crippen molar-refractivity contribution in [2.24, 2.45) is 0 Å². The first kappa shape index (κ1) is 14.1. The van der Waals surface area contributed by atoms with Gasteiger partial charge in [0, 0.05) is 44.8 Å². The van der Waals surface area contributed by atoms with E-state index in [0.717, 1.165) is 39.3 Å². The lowest BCUT2D eigenvalue weighted by molar-refractivity contribution is 0.137. The third-order valence-electron chi connectivity index (χ3n) is 3.92. The van der Waals surface area contributed by atoms with Crippen LogP contribution in [0.1, 0.15) is 11.1 Å². The Balaban J connectivity index is 1.40. The van der Waals surface area contributed by atoms with Gasteiger partial charge in [0.2, 0.25) is 0 Å². The van der Waals surface area contributed by atoms with Gasteiger partial charge in [-0.05, 0) is 11.6 Å². The summed E-state index contributed by atoms with van der Waals surface area (Å²) in [5, 5.41) is 0. The van der Waals surface area contributed by atoms with E-state index in [0.29, 0.717) is 0 Å². The highest BCUT2D eigenvalue weighted by atomic mass is 16.3. The highest BCUT2D eigenvalue weighted by molar-refractivity contribution is 5.48. The second-order valence-electron chi connectivity index (χ2n) is 5.52. The maximum absolute atomic E-state index is 5.13. The van der Waals surface area contributed by atoms with Gasteiger partial charge in [0.1, 0.15) is 0 Å². The normalized spacial score (nSPS) is 17.5. The fourth-order valence-electron chi connectivity index (χ4n) is 2.67. The number of hydrogen-bond donors (Lipinski definition) is 0. The van der Waals surface area contributed by atoms with Gasteiger partial charge in [0.25, 0.3) is 0 Å². The molecular weight excluding hydrogens is 260 g/mol. The lowest BCUT2D eigenvalue weighted by atomic mass is 10.2. The van der Waals surface area contributed by atoms with Gasteiger partial charge in [-0.3, -0.25) is 9.80 Å². The van der Waals surface area contributed by atoms with Crippen molar-refractivity contribution in [3.05, 3.63) is 66.1 Å². The zero-order valence-corrected chi connectivity index (χ0v) is 12.3. The Kier molecular flexibility index (Phi) is 4.87. The number of furan rings is 1. The van der Waals surface area contributed by atoms with Crippen LogP contribution in [0.2, 0.25) is 0 Å². The molecule has 1 aromatic carbocycles. The quantitative estimate of drug-likeness (QED) is 0.840. The van der Waals surface area contributed by atoms with Crippen molar-refractivity contribution in [3.8, 4) is 0 Å². The molecule has 110 valence electrons. The molecule has 1 aliphatic heterocycles. The molecule has 1 fully saturated rings. The molecule has 21 heavy (non-hydrogen) atoms. The first-order valence-electron chi connectivity index (χ1n) is 7.57. The minimum Gasteiger partial charge on any atom is -0.472 e. The maximum Gasteiger partial charge on any atom is 0.0947 e. The minimum absolute atomic E-state index is 1.00. The van der Waals surface area contributed by atoms with Crippen molar-refractivity contribution >= 4 is 6.08 Å². The maximum atomic E-state index is 5.13. The van der Waals surface area contributed by atoms with E-state index in [1.165, 1.54) is 11.1 Å². The number of piperazine rings is 1. The highest BCUT2D eigenvalue weighted by Gasteiger charge is 2.15. The van der Waals surface area contributed by atoms with Crippen molar-refractivity contribution in [1.29, 1.82) is 0 Å². The van der Waals surface area contributed by atoms with E-state index < -0.39 is 0 Å². The molecule has 0 radical (unpaired) electrons. The third kappa shape index (κ3) is 4.31. The molecule has 0 amide bonds. The highest BCUT2D eigenvalue weighted by Crippen LogP contribution is 2.09. The first-order valence-corrected chi connectivity index (χ1v) is 7.57. The summed E-state index contributed by atoms with van der Waals surface area (Å²) in [6.45, 7) is 6.57. The molecule has 0 spiro atoms. The molecule has 0 saturated carbocycles. The lowest BCUT2D eigenvalue weighted by Crippen LogP contribution is -2.45. The molecule has 0 unspecified atom stereocenters. The monoisotopic (exact) mass is 282 g/mol. The SMILES string of the molecule is C(=C/c1ccccc1)/CN1CCN(Cc2ccoc2)CC1. The average molecular weight is 282 g/mol. The Morgan fingerprint density at radius 3 is 2.43 bits per heavy atom. The van der Waals surface area contributed by atoms with Crippen LogP contribution in [-0.2, 0) is 6.54 Å². The van der Waals surface area contributed by atoms with E-state index in [1.54, 1.807) is 6.26 Å². The summed E-state index contributed by atoms with van der Waals surface area (Å²) in [7, 11) is 0. The van der Waals surface area contributed by atoms with Crippen LogP contribution in [0.5, 0.6) is 0 Å². The summed E-state index contributed by atoms with van der Waals surface area (Å²) in [4.78, 5) is 4.99. The van der Waals surface area contributed by atoms with E-state index in [-0.39, 0.29) is 0 Å². The van der Waals surface area contributed by atoms with Crippen molar-refractivity contribution < 1.29 is 4.42 Å². The fourth-order valence-corrected chi connectivity index (χ4v) is 2.67. The van der Waals surface area contributed by atoms with Gasteiger partial charge in [-0.25, -0.2) is 0 Å². The average Bonchev–Trinajstić information content (AvgIpc) is 3.03. The third-order valence-corrected chi connectivity index (χ3v) is 3.92. The summed E-state index contributed by atoms with van der Waals surface area (Å²) in [6.07, 6.45) is 8.06. The van der Waals surface area contributed by atoms with E-state index in [1.807, 2.05) is 6.26 Å². The van der Waals surface area contributed by atoms with Crippen molar-refractivity contribution in [3.63, 3.8) is 0 Å². The van der Waals surface area contributed by atoms with Crippen LogP contribution in [0.3, 0.4) is 0 Å². The van der Waals surface area contributed by atoms with E-state index in [2.05, 4.69) is 58.4 Å². The van der Waals surface area contributed by atoms with E-state index >= 15 is 0 Å². The Labute approximate surface area is 126 Å². The Bertz CT molecular complexity index is 540. The lowest BCUT2D eigenvalue weighted by Gasteiger charge is -2.33. The Hall–Kier alpha value is -1.84. The molecule has 0 aliphatic carbocycles. The zero-order chi connectivity index (χ0) is 14.3. The van der Waals surface area contributed by atoms with Gasteiger partial charge >= 0.3 is 0 Å². The van der Waals surface area contributed by atoms with Crippen LogP contribution in [0.25, 0.3) is 6.08 Å². The second-order valence-corrected chi connectivity index (χ2v) is 5.52.